The SMILES string of the molecule is CCC(C=O)N(CCCn1ccnc1)C(=O)CC1C(=O)N(CCc2ccc(Cl)cc2)CC(=O)N1CCc1cccs1. The Morgan fingerprint density at radius 1 is 1.17 bits per heavy atom. The van der Waals surface area contributed by atoms with Gasteiger partial charge < -0.3 is 24.1 Å². The quantitative estimate of drug-likeness (QED) is 0.249. The average molecular weight is 598 g/mol. The van der Waals surface area contributed by atoms with Crippen LogP contribution in [0.2, 0.25) is 5.02 Å². The van der Waals surface area contributed by atoms with Gasteiger partial charge in [-0.15, -0.1) is 11.3 Å². The Morgan fingerprint density at radius 3 is 2.63 bits per heavy atom. The largest absolute Gasteiger partial charge is 0.337 e. The van der Waals surface area contributed by atoms with Crippen LogP contribution in [-0.2, 0) is 38.6 Å². The van der Waals surface area contributed by atoms with Crippen molar-refractivity contribution in [3.63, 3.8) is 0 Å². The Bertz CT molecular complexity index is 1280. The Hall–Kier alpha value is -3.50. The lowest BCUT2D eigenvalue weighted by Gasteiger charge is -2.41. The molecule has 0 bridgehead atoms. The highest BCUT2D eigenvalue weighted by Gasteiger charge is 2.41. The highest BCUT2D eigenvalue weighted by molar-refractivity contribution is 7.09. The van der Waals surface area contributed by atoms with Gasteiger partial charge in [0.1, 0.15) is 12.3 Å². The van der Waals surface area contributed by atoms with Crippen molar-refractivity contribution >= 4 is 46.9 Å². The minimum absolute atomic E-state index is 0.0257. The number of piperazine rings is 1. The van der Waals surface area contributed by atoms with E-state index in [0.29, 0.717) is 56.9 Å². The van der Waals surface area contributed by atoms with Crippen LogP contribution in [0.25, 0.3) is 0 Å². The first-order valence-corrected chi connectivity index (χ1v) is 15.2. The average Bonchev–Trinajstić information content (AvgIpc) is 3.69. The second-order valence-electron chi connectivity index (χ2n) is 10.1. The highest BCUT2D eigenvalue weighted by atomic mass is 35.5. The number of aldehydes is 1. The van der Waals surface area contributed by atoms with Gasteiger partial charge in [0, 0.05) is 48.5 Å². The molecule has 11 heteroatoms. The number of rotatable bonds is 15. The molecule has 9 nitrogen and oxygen atoms in total. The van der Waals surface area contributed by atoms with E-state index in [1.807, 2.05) is 47.3 Å². The van der Waals surface area contributed by atoms with Crippen molar-refractivity contribution in [1.29, 1.82) is 0 Å². The Balaban J connectivity index is 1.50. The van der Waals surface area contributed by atoms with Crippen LogP contribution < -0.4 is 0 Å². The number of aromatic nitrogens is 2. The number of halogens is 1. The van der Waals surface area contributed by atoms with Crippen LogP contribution in [0, 0.1) is 0 Å². The molecule has 3 amide bonds. The smallest absolute Gasteiger partial charge is 0.246 e. The van der Waals surface area contributed by atoms with Gasteiger partial charge in [-0.1, -0.05) is 36.7 Å². The van der Waals surface area contributed by atoms with E-state index in [1.54, 1.807) is 50.7 Å². The fraction of sp³-hybridized carbons (Fsp3) is 0.433. The van der Waals surface area contributed by atoms with Crippen molar-refractivity contribution < 1.29 is 19.2 Å². The number of hydrogen-bond donors (Lipinski definition) is 0. The number of hydrogen-bond acceptors (Lipinski definition) is 6. The number of benzene rings is 1. The van der Waals surface area contributed by atoms with E-state index in [9.17, 15) is 19.2 Å². The maximum Gasteiger partial charge on any atom is 0.246 e. The first-order valence-electron chi connectivity index (χ1n) is 13.9. The molecule has 4 rings (SSSR count). The lowest BCUT2D eigenvalue weighted by molar-refractivity contribution is -0.158. The molecule has 1 saturated heterocycles. The number of nitrogens with zero attached hydrogens (tertiary/aromatic N) is 5. The fourth-order valence-electron chi connectivity index (χ4n) is 5.11. The molecule has 0 radical (unpaired) electrons. The molecule has 0 N–H and O–H groups in total. The van der Waals surface area contributed by atoms with Crippen LogP contribution in [0.3, 0.4) is 0 Å². The van der Waals surface area contributed by atoms with Crippen molar-refractivity contribution in [3.05, 3.63) is 76.0 Å². The van der Waals surface area contributed by atoms with Crippen LogP contribution >= 0.6 is 22.9 Å². The third-order valence-electron chi connectivity index (χ3n) is 7.42. The molecule has 0 saturated carbocycles. The summed E-state index contributed by atoms with van der Waals surface area (Å²) in [5, 5.41) is 2.61. The molecule has 41 heavy (non-hydrogen) atoms. The lowest BCUT2D eigenvalue weighted by Crippen LogP contribution is -2.61. The fourth-order valence-corrected chi connectivity index (χ4v) is 5.93. The molecule has 1 aromatic carbocycles. The number of aryl methyl sites for hydroxylation is 1. The van der Waals surface area contributed by atoms with Gasteiger partial charge in [-0.25, -0.2) is 4.98 Å². The number of carbonyl (C=O) groups is 4. The zero-order valence-electron chi connectivity index (χ0n) is 23.2. The summed E-state index contributed by atoms with van der Waals surface area (Å²) in [4.78, 5) is 62.7. The van der Waals surface area contributed by atoms with Gasteiger partial charge in [-0.3, -0.25) is 14.4 Å². The number of thiophene rings is 1. The van der Waals surface area contributed by atoms with Crippen molar-refractivity contribution in [2.75, 3.05) is 26.2 Å². The molecule has 1 aliphatic heterocycles. The molecule has 3 aromatic rings. The lowest BCUT2D eigenvalue weighted by atomic mass is 10.0. The standard InChI is InChI=1S/C30H36ClN5O4S/c1-2-25(21-37)35(14-4-13-33-17-12-32-22-33)28(38)19-27-30(40)34(15-10-23-6-8-24(31)9-7-23)20-29(39)36(27)16-11-26-5-3-18-41-26/h3,5-9,12,17-18,21-22,25,27H,2,4,10-11,13-16,19-20H2,1H3. The molecular formula is C30H36ClN5O4S. The monoisotopic (exact) mass is 597 g/mol. The summed E-state index contributed by atoms with van der Waals surface area (Å²) in [5.41, 5.74) is 1.00. The Labute approximate surface area is 249 Å². The molecule has 0 spiro atoms. The topological polar surface area (TPSA) is 95.8 Å². The van der Waals surface area contributed by atoms with Crippen LogP contribution in [-0.4, -0.2) is 86.5 Å². The Morgan fingerprint density at radius 2 is 1.98 bits per heavy atom. The highest BCUT2D eigenvalue weighted by Crippen LogP contribution is 2.21. The number of amides is 3. The molecule has 218 valence electrons. The van der Waals surface area contributed by atoms with Crippen LogP contribution in [0.5, 0.6) is 0 Å². The maximum absolute atomic E-state index is 13.8. The van der Waals surface area contributed by atoms with Crippen LogP contribution in [0.1, 0.15) is 36.6 Å². The van der Waals surface area contributed by atoms with Crippen molar-refractivity contribution in [1.82, 2.24) is 24.3 Å². The minimum Gasteiger partial charge on any atom is -0.337 e. The van der Waals surface area contributed by atoms with E-state index < -0.39 is 12.1 Å². The summed E-state index contributed by atoms with van der Waals surface area (Å²) in [6.07, 6.45) is 8.13. The maximum atomic E-state index is 13.8. The predicted molar refractivity (Wildman–Crippen MR) is 159 cm³/mol. The van der Waals surface area contributed by atoms with E-state index >= 15 is 0 Å². The van der Waals surface area contributed by atoms with Gasteiger partial charge in [0.05, 0.1) is 25.3 Å². The van der Waals surface area contributed by atoms with Gasteiger partial charge in [-0.05, 0) is 54.8 Å². The van der Waals surface area contributed by atoms with E-state index in [-0.39, 0.29) is 30.7 Å². The zero-order chi connectivity index (χ0) is 29.2. The first-order chi connectivity index (χ1) is 19.9. The van der Waals surface area contributed by atoms with E-state index in [0.717, 1.165) is 16.7 Å². The van der Waals surface area contributed by atoms with Gasteiger partial charge in [0.25, 0.3) is 0 Å². The molecule has 2 unspecified atom stereocenters. The van der Waals surface area contributed by atoms with E-state index in [4.69, 9.17) is 11.6 Å². The van der Waals surface area contributed by atoms with Crippen molar-refractivity contribution in [2.24, 2.45) is 0 Å². The van der Waals surface area contributed by atoms with E-state index in [2.05, 4.69) is 4.98 Å². The van der Waals surface area contributed by atoms with Crippen LogP contribution in [0.15, 0.2) is 60.5 Å². The second kappa shape index (κ2) is 14.9. The normalized spacial score (nSPS) is 16.2. The summed E-state index contributed by atoms with van der Waals surface area (Å²) in [7, 11) is 0. The summed E-state index contributed by atoms with van der Waals surface area (Å²) in [5.74, 6) is -0.721. The van der Waals surface area contributed by atoms with Crippen molar-refractivity contribution in [2.45, 2.75) is 57.7 Å². The summed E-state index contributed by atoms with van der Waals surface area (Å²) >= 11 is 7.60. The minimum atomic E-state index is -0.922. The molecule has 2 aromatic heterocycles. The number of imidazole rings is 1. The predicted octanol–water partition coefficient (Wildman–Crippen LogP) is 3.71. The van der Waals surface area contributed by atoms with Crippen LogP contribution in [0.4, 0.5) is 0 Å². The van der Waals surface area contributed by atoms with Gasteiger partial charge >= 0.3 is 0 Å². The van der Waals surface area contributed by atoms with Crippen molar-refractivity contribution in [3.8, 4) is 0 Å². The second-order valence-corrected chi connectivity index (χ2v) is 11.6. The first kappa shape index (κ1) is 30.5. The molecule has 1 fully saturated rings. The molecule has 0 aliphatic carbocycles. The summed E-state index contributed by atoms with van der Waals surface area (Å²) in [6.45, 7) is 3.54. The molecular weight excluding hydrogens is 562 g/mol. The number of carbonyl (C=O) groups excluding carboxylic acids is 4. The third-order valence-corrected chi connectivity index (χ3v) is 8.61. The molecule has 1 aliphatic rings. The molecule has 3 heterocycles. The Kier molecular flexibility index (Phi) is 11.1. The van der Waals surface area contributed by atoms with Gasteiger partial charge in [-0.2, -0.15) is 0 Å². The van der Waals surface area contributed by atoms with Gasteiger partial charge in [0.2, 0.25) is 17.7 Å². The van der Waals surface area contributed by atoms with Gasteiger partial charge in [0.15, 0.2) is 0 Å². The van der Waals surface area contributed by atoms with E-state index in [1.165, 1.54) is 0 Å². The zero-order valence-corrected chi connectivity index (χ0v) is 24.8. The molecule has 2 atom stereocenters. The third kappa shape index (κ3) is 8.27. The summed E-state index contributed by atoms with van der Waals surface area (Å²) < 4.78 is 1.92. The summed E-state index contributed by atoms with van der Waals surface area (Å²) in [6, 6.07) is 9.83.